The average Bonchev–Trinajstić information content (AvgIpc) is 2.75. The minimum absolute atomic E-state index is 0.0620. The largest absolute Gasteiger partial charge is 0.396 e. The van der Waals surface area contributed by atoms with Crippen molar-refractivity contribution in [2.75, 3.05) is 25.2 Å². The number of carbonyl (C=O) groups is 1. The van der Waals surface area contributed by atoms with Gasteiger partial charge in [0, 0.05) is 31.0 Å². The first-order valence-electron chi connectivity index (χ1n) is 6.36. The molecule has 2 N–H and O–H groups in total. The number of aliphatic hydroxyl groups is 1. The van der Waals surface area contributed by atoms with Gasteiger partial charge in [-0.2, -0.15) is 11.8 Å². The molecule has 2 amide bonds. The molecule has 1 rings (SSSR count). The van der Waals surface area contributed by atoms with E-state index in [1.165, 1.54) is 0 Å². The van der Waals surface area contributed by atoms with Gasteiger partial charge in [0.2, 0.25) is 0 Å². The molecule has 0 saturated carbocycles. The second-order valence-electron chi connectivity index (χ2n) is 4.66. The van der Waals surface area contributed by atoms with Gasteiger partial charge >= 0.3 is 6.03 Å². The van der Waals surface area contributed by atoms with Crippen LogP contribution < -0.4 is 5.32 Å². The third-order valence-corrected chi connectivity index (χ3v) is 3.88. The van der Waals surface area contributed by atoms with Gasteiger partial charge in [-0.1, -0.05) is 0 Å². The third kappa shape index (κ3) is 4.76. The van der Waals surface area contributed by atoms with Gasteiger partial charge < -0.3 is 15.3 Å². The maximum absolute atomic E-state index is 12.0. The Labute approximate surface area is 108 Å². The zero-order chi connectivity index (χ0) is 12.7. The van der Waals surface area contributed by atoms with Gasteiger partial charge in [0.15, 0.2) is 0 Å². The Bertz CT molecular complexity index is 239. The lowest BCUT2D eigenvalue weighted by molar-refractivity contribution is 0.191. The van der Waals surface area contributed by atoms with Gasteiger partial charge in [0.05, 0.1) is 0 Å². The van der Waals surface area contributed by atoms with Crippen LogP contribution in [0.15, 0.2) is 0 Å². The Morgan fingerprint density at radius 2 is 2.41 bits per heavy atom. The molecule has 1 fully saturated rings. The zero-order valence-electron chi connectivity index (χ0n) is 10.8. The van der Waals surface area contributed by atoms with E-state index in [-0.39, 0.29) is 18.7 Å². The van der Waals surface area contributed by atoms with Crippen molar-refractivity contribution in [3.63, 3.8) is 0 Å². The number of carbonyl (C=O) groups excluding carboxylic acids is 1. The summed E-state index contributed by atoms with van der Waals surface area (Å²) in [7, 11) is 0. The number of nitrogens with zero attached hydrogens (tertiary/aromatic N) is 1. The highest BCUT2D eigenvalue weighted by molar-refractivity contribution is 7.98. The Balaban J connectivity index is 2.35. The van der Waals surface area contributed by atoms with Gasteiger partial charge in [0.1, 0.15) is 0 Å². The van der Waals surface area contributed by atoms with Gasteiger partial charge in [0.25, 0.3) is 0 Å². The molecule has 0 aromatic carbocycles. The summed E-state index contributed by atoms with van der Waals surface area (Å²) in [5.41, 5.74) is 0. The SMILES string of the molecule is CSCC1CCCN1C(=O)NC(C)CCCO. The summed E-state index contributed by atoms with van der Waals surface area (Å²) in [6.07, 6.45) is 5.90. The molecule has 1 heterocycles. The molecule has 1 aliphatic rings. The number of aliphatic hydroxyl groups excluding tert-OH is 1. The molecule has 5 heteroatoms. The highest BCUT2D eigenvalue weighted by Crippen LogP contribution is 2.20. The van der Waals surface area contributed by atoms with E-state index < -0.39 is 0 Å². The van der Waals surface area contributed by atoms with E-state index in [0.717, 1.165) is 38.0 Å². The van der Waals surface area contributed by atoms with Crippen LogP contribution in [0, 0.1) is 0 Å². The molecular formula is C12H24N2O2S. The molecule has 0 aromatic rings. The van der Waals surface area contributed by atoms with Crippen molar-refractivity contribution in [2.45, 2.75) is 44.7 Å². The molecule has 17 heavy (non-hydrogen) atoms. The second-order valence-corrected chi connectivity index (χ2v) is 5.57. The molecule has 100 valence electrons. The van der Waals surface area contributed by atoms with Crippen molar-refractivity contribution in [2.24, 2.45) is 0 Å². The summed E-state index contributed by atoms with van der Waals surface area (Å²) in [6.45, 7) is 3.07. The van der Waals surface area contributed by atoms with Crippen LogP contribution in [-0.2, 0) is 0 Å². The molecule has 0 spiro atoms. The quantitative estimate of drug-likeness (QED) is 0.764. The number of rotatable bonds is 6. The lowest BCUT2D eigenvalue weighted by Gasteiger charge is -2.26. The van der Waals surface area contributed by atoms with E-state index in [2.05, 4.69) is 11.6 Å². The predicted molar refractivity (Wildman–Crippen MR) is 72.4 cm³/mol. The van der Waals surface area contributed by atoms with E-state index in [4.69, 9.17) is 5.11 Å². The number of hydrogen-bond acceptors (Lipinski definition) is 3. The molecule has 0 bridgehead atoms. The lowest BCUT2D eigenvalue weighted by Crippen LogP contribution is -2.46. The highest BCUT2D eigenvalue weighted by Gasteiger charge is 2.28. The van der Waals surface area contributed by atoms with Crippen LogP contribution >= 0.6 is 11.8 Å². The molecule has 0 radical (unpaired) electrons. The summed E-state index contributed by atoms with van der Waals surface area (Å²) in [4.78, 5) is 14.0. The normalized spacial score (nSPS) is 21.6. The van der Waals surface area contributed by atoms with Crippen molar-refractivity contribution in [1.82, 2.24) is 10.2 Å². The van der Waals surface area contributed by atoms with Crippen LogP contribution in [0.3, 0.4) is 0 Å². The number of amides is 2. The summed E-state index contributed by atoms with van der Waals surface area (Å²) in [5, 5.41) is 11.8. The number of nitrogens with one attached hydrogen (secondary N) is 1. The standard InChI is InChI=1S/C12H24N2O2S/c1-10(5-4-8-15)13-12(16)14-7-3-6-11(14)9-17-2/h10-11,15H,3-9H2,1-2H3,(H,13,16). The number of thioether (sulfide) groups is 1. The first-order chi connectivity index (χ1) is 8.19. The second kappa shape index (κ2) is 7.82. The average molecular weight is 260 g/mol. The minimum Gasteiger partial charge on any atom is -0.396 e. The third-order valence-electron chi connectivity index (χ3n) is 3.16. The maximum Gasteiger partial charge on any atom is 0.317 e. The van der Waals surface area contributed by atoms with Crippen LogP contribution in [0.1, 0.15) is 32.6 Å². The van der Waals surface area contributed by atoms with Gasteiger partial charge in [-0.3, -0.25) is 0 Å². The van der Waals surface area contributed by atoms with E-state index in [1.54, 1.807) is 11.8 Å². The number of hydrogen-bond donors (Lipinski definition) is 2. The molecule has 4 nitrogen and oxygen atoms in total. The smallest absolute Gasteiger partial charge is 0.317 e. The molecule has 1 saturated heterocycles. The van der Waals surface area contributed by atoms with Crippen molar-refractivity contribution < 1.29 is 9.90 Å². The molecule has 1 aliphatic heterocycles. The van der Waals surface area contributed by atoms with Crippen molar-refractivity contribution in [3.8, 4) is 0 Å². The fourth-order valence-electron chi connectivity index (χ4n) is 2.23. The van der Waals surface area contributed by atoms with Crippen LogP contribution in [-0.4, -0.2) is 53.3 Å². The minimum atomic E-state index is 0.0620. The molecule has 2 unspecified atom stereocenters. The van der Waals surface area contributed by atoms with Crippen LogP contribution in [0.2, 0.25) is 0 Å². The van der Waals surface area contributed by atoms with E-state index in [9.17, 15) is 4.79 Å². The Kier molecular flexibility index (Phi) is 6.73. The molecule has 2 atom stereocenters. The van der Waals surface area contributed by atoms with Gasteiger partial charge in [-0.05, 0) is 38.9 Å². The van der Waals surface area contributed by atoms with Crippen LogP contribution in [0.5, 0.6) is 0 Å². The summed E-state index contributed by atoms with van der Waals surface area (Å²) < 4.78 is 0. The Hall–Kier alpha value is -0.420. The fraction of sp³-hybridized carbons (Fsp3) is 0.917. The van der Waals surface area contributed by atoms with Crippen molar-refractivity contribution >= 4 is 17.8 Å². The molecule has 0 aliphatic carbocycles. The number of urea groups is 1. The molecular weight excluding hydrogens is 236 g/mol. The number of likely N-dealkylation sites (tertiary alicyclic amines) is 1. The summed E-state index contributed by atoms with van der Waals surface area (Å²) >= 11 is 1.80. The van der Waals surface area contributed by atoms with Gasteiger partial charge in [-0.25, -0.2) is 4.79 Å². The first-order valence-corrected chi connectivity index (χ1v) is 7.75. The first kappa shape index (κ1) is 14.6. The zero-order valence-corrected chi connectivity index (χ0v) is 11.6. The van der Waals surface area contributed by atoms with Gasteiger partial charge in [-0.15, -0.1) is 0 Å². The van der Waals surface area contributed by atoms with E-state index in [1.807, 2.05) is 11.8 Å². The van der Waals surface area contributed by atoms with Crippen molar-refractivity contribution in [3.05, 3.63) is 0 Å². The topological polar surface area (TPSA) is 52.6 Å². The highest BCUT2D eigenvalue weighted by atomic mass is 32.2. The summed E-state index contributed by atoms with van der Waals surface area (Å²) in [6, 6.07) is 0.604. The predicted octanol–water partition coefficient (Wildman–Crippen LogP) is 1.68. The van der Waals surface area contributed by atoms with Crippen LogP contribution in [0.25, 0.3) is 0 Å². The van der Waals surface area contributed by atoms with E-state index in [0.29, 0.717) is 6.04 Å². The Morgan fingerprint density at radius 3 is 3.06 bits per heavy atom. The lowest BCUT2D eigenvalue weighted by atomic mass is 10.2. The Morgan fingerprint density at radius 1 is 1.65 bits per heavy atom. The fourth-order valence-corrected chi connectivity index (χ4v) is 2.96. The monoisotopic (exact) mass is 260 g/mol. The molecule has 0 aromatic heterocycles. The van der Waals surface area contributed by atoms with Crippen molar-refractivity contribution in [1.29, 1.82) is 0 Å². The van der Waals surface area contributed by atoms with Crippen LogP contribution in [0.4, 0.5) is 4.79 Å². The summed E-state index contributed by atoms with van der Waals surface area (Å²) in [5.74, 6) is 1.03. The maximum atomic E-state index is 12.0. The van der Waals surface area contributed by atoms with E-state index >= 15 is 0 Å².